The number of carboxylic acid groups (broad SMARTS) is 1. The third kappa shape index (κ3) is 3.36. The van der Waals surface area contributed by atoms with Gasteiger partial charge in [-0.2, -0.15) is 5.26 Å². The van der Waals surface area contributed by atoms with Crippen LogP contribution in [0.25, 0.3) is 11.0 Å². The maximum atomic E-state index is 15.0. The number of nitrogens with zero attached hydrogens (tertiary/aromatic N) is 4. The highest BCUT2D eigenvalue weighted by Crippen LogP contribution is 2.37. The standard InChI is InChI=1S/C20H20FN5O3/c21-16-6-14-17(27)15(20(28)29)10-26(13-3-4-13)18(14)24-19(16)25-5-1-2-11(9-25)12(7-22)8-23/h6,10,13H,1-5,7,9,22H2,(H,28,29)/b12-11-. The molecule has 8 nitrogen and oxygen atoms in total. The van der Waals surface area contributed by atoms with Crippen molar-refractivity contribution in [2.24, 2.45) is 5.73 Å². The van der Waals surface area contributed by atoms with Gasteiger partial charge >= 0.3 is 5.97 Å². The Labute approximate surface area is 165 Å². The lowest BCUT2D eigenvalue weighted by Gasteiger charge is -2.31. The second-order valence-electron chi connectivity index (χ2n) is 7.40. The summed E-state index contributed by atoms with van der Waals surface area (Å²) in [6, 6.07) is 3.24. The van der Waals surface area contributed by atoms with Gasteiger partial charge < -0.3 is 20.3 Å². The van der Waals surface area contributed by atoms with Gasteiger partial charge in [0.25, 0.3) is 0 Å². The number of nitriles is 1. The number of carboxylic acids is 1. The number of hydrogen-bond donors (Lipinski definition) is 2. The minimum atomic E-state index is -1.34. The molecule has 1 aliphatic carbocycles. The molecule has 0 aromatic carbocycles. The summed E-state index contributed by atoms with van der Waals surface area (Å²) in [4.78, 5) is 30.2. The van der Waals surface area contributed by atoms with Crippen LogP contribution in [0, 0.1) is 17.1 Å². The summed E-state index contributed by atoms with van der Waals surface area (Å²) >= 11 is 0. The lowest BCUT2D eigenvalue weighted by Crippen LogP contribution is -2.34. The van der Waals surface area contributed by atoms with Crippen LogP contribution >= 0.6 is 0 Å². The molecule has 1 saturated heterocycles. The van der Waals surface area contributed by atoms with Crippen LogP contribution in [0.4, 0.5) is 10.2 Å². The minimum absolute atomic E-state index is 0.0366. The molecule has 0 amide bonds. The van der Waals surface area contributed by atoms with Crippen LogP contribution in [0.2, 0.25) is 0 Å². The number of aromatic nitrogens is 2. The van der Waals surface area contributed by atoms with Crippen molar-refractivity contribution in [2.75, 3.05) is 24.5 Å². The minimum Gasteiger partial charge on any atom is -0.477 e. The number of pyridine rings is 2. The molecular formula is C20H20FN5O3. The van der Waals surface area contributed by atoms with Crippen molar-refractivity contribution >= 4 is 22.8 Å². The van der Waals surface area contributed by atoms with E-state index in [1.165, 1.54) is 6.20 Å². The van der Waals surface area contributed by atoms with Crippen molar-refractivity contribution in [3.63, 3.8) is 0 Å². The topological polar surface area (TPSA) is 125 Å². The van der Waals surface area contributed by atoms with Gasteiger partial charge in [0.05, 0.1) is 11.5 Å². The molecule has 1 saturated carbocycles. The normalized spacial score (nSPS) is 18.6. The number of anilines is 1. The number of rotatable bonds is 4. The van der Waals surface area contributed by atoms with E-state index in [9.17, 15) is 24.3 Å². The van der Waals surface area contributed by atoms with Crippen molar-refractivity contribution in [2.45, 2.75) is 31.7 Å². The summed E-state index contributed by atoms with van der Waals surface area (Å²) in [5.41, 5.74) is 6.17. The smallest absolute Gasteiger partial charge is 0.341 e. The summed E-state index contributed by atoms with van der Waals surface area (Å²) in [7, 11) is 0. The Hall–Kier alpha value is -3.25. The molecule has 3 N–H and O–H groups in total. The fourth-order valence-electron chi connectivity index (χ4n) is 3.81. The molecule has 4 rings (SSSR count). The van der Waals surface area contributed by atoms with Gasteiger partial charge in [-0.1, -0.05) is 0 Å². The molecule has 2 aromatic rings. The zero-order valence-corrected chi connectivity index (χ0v) is 15.7. The average Bonchev–Trinajstić information content (AvgIpc) is 3.54. The molecule has 0 atom stereocenters. The van der Waals surface area contributed by atoms with E-state index in [0.29, 0.717) is 18.7 Å². The fourth-order valence-corrected chi connectivity index (χ4v) is 3.81. The molecule has 0 unspecified atom stereocenters. The number of halogens is 1. The van der Waals surface area contributed by atoms with Crippen LogP contribution in [0.3, 0.4) is 0 Å². The van der Waals surface area contributed by atoms with Crippen molar-refractivity contribution in [3.8, 4) is 6.07 Å². The summed E-state index contributed by atoms with van der Waals surface area (Å²) < 4.78 is 16.6. The molecule has 0 bridgehead atoms. The van der Waals surface area contributed by atoms with Gasteiger partial charge in [-0.3, -0.25) is 4.79 Å². The first kappa shape index (κ1) is 19.1. The molecule has 3 heterocycles. The maximum absolute atomic E-state index is 15.0. The van der Waals surface area contributed by atoms with E-state index < -0.39 is 17.2 Å². The Kier molecular flexibility index (Phi) is 4.80. The van der Waals surface area contributed by atoms with Crippen molar-refractivity contribution < 1.29 is 14.3 Å². The van der Waals surface area contributed by atoms with Crippen LogP contribution < -0.4 is 16.1 Å². The Morgan fingerprint density at radius 3 is 2.83 bits per heavy atom. The number of piperidine rings is 1. The first-order valence-corrected chi connectivity index (χ1v) is 9.49. The molecule has 1 aliphatic heterocycles. The third-order valence-corrected chi connectivity index (χ3v) is 5.46. The van der Waals surface area contributed by atoms with Gasteiger partial charge in [0.1, 0.15) is 11.2 Å². The largest absolute Gasteiger partial charge is 0.477 e. The second kappa shape index (κ2) is 7.29. The van der Waals surface area contributed by atoms with Gasteiger partial charge in [0.2, 0.25) is 5.43 Å². The van der Waals surface area contributed by atoms with Crippen molar-refractivity contribution in [1.82, 2.24) is 9.55 Å². The molecule has 0 spiro atoms. The highest BCUT2D eigenvalue weighted by Gasteiger charge is 2.29. The Bertz CT molecular complexity index is 1140. The zero-order chi connectivity index (χ0) is 20.7. The molecular weight excluding hydrogens is 377 g/mol. The van der Waals surface area contributed by atoms with Gasteiger partial charge in [0.15, 0.2) is 11.6 Å². The van der Waals surface area contributed by atoms with Crippen molar-refractivity contribution in [3.05, 3.63) is 45.0 Å². The fraction of sp³-hybridized carbons (Fsp3) is 0.400. The molecule has 2 fully saturated rings. The molecule has 9 heteroatoms. The molecule has 2 aromatic heterocycles. The monoisotopic (exact) mass is 397 g/mol. The summed E-state index contributed by atoms with van der Waals surface area (Å²) in [5, 5.41) is 18.5. The molecule has 0 radical (unpaired) electrons. The lowest BCUT2D eigenvalue weighted by atomic mass is 9.99. The first-order valence-electron chi connectivity index (χ1n) is 9.49. The zero-order valence-electron chi connectivity index (χ0n) is 15.7. The van der Waals surface area contributed by atoms with E-state index >= 15 is 0 Å². The van der Waals surface area contributed by atoms with E-state index in [2.05, 4.69) is 11.1 Å². The lowest BCUT2D eigenvalue weighted by molar-refractivity contribution is 0.0695. The van der Waals surface area contributed by atoms with E-state index in [1.807, 2.05) is 0 Å². The van der Waals surface area contributed by atoms with Crippen LogP contribution in [-0.4, -0.2) is 40.3 Å². The summed E-state index contributed by atoms with van der Waals surface area (Å²) in [6.45, 7) is 1.03. The Morgan fingerprint density at radius 1 is 1.45 bits per heavy atom. The second-order valence-corrected chi connectivity index (χ2v) is 7.40. The number of nitrogens with two attached hydrogens (primary N) is 1. The Balaban J connectivity index is 1.86. The highest BCUT2D eigenvalue weighted by molar-refractivity contribution is 5.92. The van der Waals surface area contributed by atoms with Crippen LogP contribution in [0.15, 0.2) is 28.2 Å². The van der Waals surface area contributed by atoms with E-state index in [4.69, 9.17) is 5.73 Å². The first-order chi connectivity index (χ1) is 13.9. The van der Waals surface area contributed by atoms with E-state index in [-0.39, 0.29) is 35.0 Å². The summed E-state index contributed by atoms with van der Waals surface area (Å²) in [5.74, 6) is -1.93. The average molecular weight is 397 g/mol. The SMILES string of the molecule is N#C/C(CN)=C1/CCCN(c2nc3c(cc2F)c(=O)c(C(=O)O)cn3C2CC2)C1. The van der Waals surface area contributed by atoms with E-state index in [1.54, 1.807) is 9.47 Å². The Morgan fingerprint density at radius 2 is 2.21 bits per heavy atom. The summed E-state index contributed by atoms with van der Waals surface area (Å²) in [6.07, 6.45) is 4.46. The molecule has 150 valence electrons. The molecule has 29 heavy (non-hydrogen) atoms. The van der Waals surface area contributed by atoms with Crippen LogP contribution in [0.1, 0.15) is 42.1 Å². The third-order valence-electron chi connectivity index (χ3n) is 5.46. The number of aromatic carboxylic acids is 1. The number of fused-ring (bicyclic) bond motifs is 1. The maximum Gasteiger partial charge on any atom is 0.341 e. The predicted molar refractivity (Wildman–Crippen MR) is 104 cm³/mol. The van der Waals surface area contributed by atoms with Crippen LogP contribution in [-0.2, 0) is 0 Å². The van der Waals surface area contributed by atoms with Gasteiger partial charge in [-0.25, -0.2) is 14.2 Å². The quantitative estimate of drug-likeness (QED) is 0.755. The van der Waals surface area contributed by atoms with Crippen molar-refractivity contribution in [1.29, 1.82) is 5.26 Å². The van der Waals surface area contributed by atoms with E-state index in [0.717, 1.165) is 37.3 Å². The van der Waals surface area contributed by atoms with Gasteiger partial charge in [0, 0.05) is 37.4 Å². The van der Waals surface area contributed by atoms with Crippen LogP contribution in [0.5, 0.6) is 0 Å². The number of carbonyl (C=O) groups is 1. The molecule has 2 aliphatic rings. The van der Waals surface area contributed by atoms with Gasteiger partial charge in [-0.15, -0.1) is 0 Å². The van der Waals surface area contributed by atoms with Gasteiger partial charge in [-0.05, 0) is 37.3 Å². The highest BCUT2D eigenvalue weighted by atomic mass is 19.1. The number of hydrogen-bond acceptors (Lipinski definition) is 6. The predicted octanol–water partition coefficient (Wildman–Crippen LogP) is 1.95.